The number of amides is 1. The summed E-state index contributed by atoms with van der Waals surface area (Å²) in [6, 6.07) is 11.1. The predicted molar refractivity (Wildman–Crippen MR) is 83.6 cm³/mol. The second-order valence-corrected chi connectivity index (χ2v) is 5.69. The van der Waals surface area contributed by atoms with Crippen LogP contribution in [0, 0.1) is 17.6 Å². The molecule has 2 aromatic carbocycles. The first-order valence-corrected chi connectivity index (χ1v) is 7.38. The lowest BCUT2D eigenvalue weighted by atomic mass is 10.1. The van der Waals surface area contributed by atoms with Gasteiger partial charge in [-0.3, -0.25) is 4.79 Å². The molecule has 0 N–H and O–H groups in total. The lowest BCUT2D eigenvalue weighted by Crippen LogP contribution is -2.28. The number of benzene rings is 2. The number of rotatable bonds is 4. The molecule has 1 amide bonds. The van der Waals surface area contributed by atoms with Crippen molar-refractivity contribution in [2.75, 3.05) is 19.1 Å². The molecule has 3 rings (SSSR count). The van der Waals surface area contributed by atoms with Crippen molar-refractivity contribution in [3.63, 3.8) is 0 Å². The van der Waals surface area contributed by atoms with Crippen molar-refractivity contribution in [2.45, 2.75) is 12.3 Å². The van der Waals surface area contributed by atoms with E-state index >= 15 is 0 Å². The highest BCUT2D eigenvalue weighted by molar-refractivity contribution is 5.97. The van der Waals surface area contributed by atoms with Crippen molar-refractivity contribution >= 4 is 11.6 Å². The highest BCUT2D eigenvalue weighted by Gasteiger charge is 2.46. The van der Waals surface area contributed by atoms with E-state index in [0.717, 1.165) is 29.9 Å². The zero-order chi connectivity index (χ0) is 16.6. The molecule has 0 aromatic heterocycles. The average Bonchev–Trinajstić information content (AvgIpc) is 3.36. The average molecular weight is 317 g/mol. The molecule has 0 spiro atoms. The molecule has 2 atom stereocenters. The molecule has 3 nitrogen and oxygen atoms in total. The maximum atomic E-state index is 13.3. The summed E-state index contributed by atoms with van der Waals surface area (Å²) >= 11 is 0. The molecule has 0 bridgehead atoms. The predicted octanol–water partition coefficient (Wildman–Crippen LogP) is 3.74. The van der Waals surface area contributed by atoms with Crippen LogP contribution in [-0.4, -0.2) is 20.1 Å². The minimum atomic E-state index is -0.959. The molecule has 0 unspecified atom stereocenters. The largest absolute Gasteiger partial charge is 0.496 e. The Morgan fingerprint density at radius 3 is 2.61 bits per heavy atom. The Hall–Kier alpha value is -2.43. The van der Waals surface area contributed by atoms with Crippen molar-refractivity contribution in [3.8, 4) is 5.75 Å². The molecule has 0 aliphatic heterocycles. The summed E-state index contributed by atoms with van der Waals surface area (Å²) in [6.45, 7) is 0. The summed E-state index contributed by atoms with van der Waals surface area (Å²) in [7, 11) is 3.18. The van der Waals surface area contributed by atoms with E-state index in [1.54, 1.807) is 14.2 Å². The third kappa shape index (κ3) is 2.91. The van der Waals surface area contributed by atoms with Crippen LogP contribution in [0.1, 0.15) is 17.9 Å². The van der Waals surface area contributed by atoms with Gasteiger partial charge in [-0.25, -0.2) is 8.78 Å². The molecule has 5 heteroatoms. The van der Waals surface area contributed by atoms with Crippen LogP contribution in [0.2, 0.25) is 0 Å². The van der Waals surface area contributed by atoms with E-state index in [9.17, 15) is 13.6 Å². The standard InChI is InChI=1S/C18H17F2NO2/c1-21(11-7-8-15(19)16(20)9-11)18(22)14-10-13(14)12-5-3-4-6-17(12)23-2/h3-9,13-14H,10H2,1-2H3/t13-,14+/m0/s1. The number of para-hydroxylation sites is 1. The van der Waals surface area contributed by atoms with Crippen LogP contribution in [0.15, 0.2) is 42.5 Å². The Morgan fingerprint density at radius 1 is 1.17 bits per heavy atom. The van der Waals surface area contributed by atoms with Gasteiger partial charge < -0.3 is 9.64 Å². The third-order valence-electron chi connectivity index (χ3n) is 4.27. The van der Waals surface area contributed by atoms with Crippen molar-refractivity contribution in [1.29, 1.82) is 0 Å². The lowest BCUT2D eigenvalue weighted by molar-refractivity contribution is -0.119. The minimum absolute atomic E-state index is 0.103. The molecule has 0 radical (unpaired) electrons. The summed E-state index contributed by atoms with van der Waals surface area (Å²) in [5, 5.41) is 0. The summed E-state index contributed by atoms with van der Waals surface area (Å²) in [4.78, 5) is 13.9. The number of carbonyl (C=O) groups is 1. The lowest BCUT2D eigenvalue weighted by Gasteiger charge is -2.18. The first kappa shape index (κ1) is 15.5. The van der Waals surface area contributed by atoms with E-state index < -0.39 is 11.6 Å². The maximum Gasteiger partial charge on any atom is 0.230 e. The van der Waals surface area contributed by atoms with Crippen LogP contribution < -0.4 is 9.64 Å². The van der Waals surface area contributed by atoms with Gasteiger partial charge in [0, 0.05) is 24.7 Å². The van der Waals surface area contributed by atoms with Crippen LogP contribution in [0.4, 0.5) is 14.5 Å². The van der Waals surface area contributed by atoms with Crippen LogP contribution in [0.5, 0.6) is 5.75 Å². The second-order valence-electron chi connectivity index (χ2n) is 5.69. The molecule has 1 aliphatic rings. The second kappa shape index (κ2) is 5.99. The highest BCUT2D eigenvalue weighted by atomic mass is 19.2. The molecule has 1 saturated carbocycles. The Bertz CT molecular complexity index is 748. The van der Waals surface area contributed by atoms with Gasteiger partial charge in [0.15, 0.2) is 11.6 Å². The first-order chi connectivity index (χ1) is 11.0. The highest BCUT2D eigenvalue weighted by Crippen LogP contribution is 2.51. The van der Waals surface area contributed by atoms with Crippen LogP contribution >= 0.6 is 0 Å². The Balaban J connectivity index is 1.76. The molecule has 120 valence electrons. The van der Waals surface area contributed by atoms with Gasteiger partial charge in [0.25, 0.3) is 0 Å². The smallest absolute Gasteiger partial charge is 0.230 e. The van der Waals surface area contributed by atoms with Crippen molar-refractivity contribution in [1.82, 2.24) is 0 Å². The maximum absolute atomic E-state index is 13.3. The number of hydrogen-bond acceptors (Lipinski definition) is 2. The number of halogens is 2. The van der Waals surface area contributed by atoms with E-state index in [0.29, 0.717) is 5.69 Å². The molecule has 0 heterocycles. The molecular formula is C18H17F2NO2. The fourth-order valence-corrected chi connectivity index (χ4v) is 2.85. The summed E-state index contributed by atoms with van der Waals surface area (Å²) in [5.74, 6) is -1.28. The Kier molecular flexibility index (Phi) is 4.03. The number of nitrogens with zero attached hydrogens (tertiary/aromatic N) is 1. The fraction of sp³-hybridized carbons (Fsp3) is 0.278. The van der Waals surface area contributed by atoms with E-state index in [1.807, 2.05) is 24.3 Å². The zero-order valence-electron chi connectivity index (χ0n) is 12.9. The zero-order valence-corrected chi connectivity index (χ0v) is 12.9. The molecule has 1 fully saturated rings. The Morgan fingerprint density at radius 2 is 1.91 bits per heavy atom. The van der Waals surface area contributed by atoms with Gasteiger partial charge >= 0.3 is 0 Å². The molecule has 0 saturated heterocycles. The summed E-state index contributed by atoms with van der Waals surface area (Å²) in [5.41, 5.74) is 1.35. The number of methoxy groups -OCH3 is 1. The van der Waals surface area contributed by atoms with E-state index in [-0.39, 0.29) is 17.7 Å². The third-order valence-corrected chi connectivity index (χ3v) is 4.27. The molecule has 23 heavy (non-hydrogen) atoms. The molecule has 2 aromatic rings. The minimum Gasteiger partial charge on any atom is -0.496 e. The van der Waals surface area contributed by atoms with E-state index in [1.165, 1.54) is 11.0 Å². The van der Waals surface area contributed by atoms with Gasteiger partial charge in [-0.05, 0) is 36.1 Å². The Labute approximate surface area is 133 Å². The van der Waals surface area contributed by atoms with Crippen molar-refractivity contribution in [3.05, 3.63) is 59.7 Å². The van der Waals surface area contributed by atoms with Gasteiger partial charge in [0.2, 0.25) is 5.91 Å². The quantitative estimate of drug-likeness (QED) is 0.860. The van der Waals surface area contributed by atoms with Crippen LogP contribution in [-0.2, 0) is 4.79 Å². The van der Waals surface area contributed by atoms with Gasteiger partial charge in [0.05, 0.1) is 7.11 Å². The van der Waals surface area contributed by atoms with Crippen LogP contribution in [0.3, 0.4) is 0 Å². The van der Waals surface area contributed by atoms with E-state index in [2.05, 4.69) is 0 Å². The monoisotopic (exact) mass is 317 g/mol. The number of anilines is 1. The summed E-state index contributed by atoms with van der Waals surface area (Å²) < 4.78 is 31.7. The number of carbonyl (C=O) groups excluding carboxylic acids is 1. The number of ether oxygens (including phenoxy) is 1. The van der Waals surface area contributed by atoms with Gasteiger partial charge in [0.1, 0.15) is 5.75 Å². The fourth-order valence-electron chi connectivity index (χ4n) is 2.85. The van der Waals surface area contributed by atoms with Gasteiger partial charge in [-0.2, -0.15) is 0 Å². The topological polar surface area (TPSA) is 29.5 Å². The first-order valence-electron chi connectivity index (χ1n) is 7.38. The van der Waals surface area contributed by atoms with Crippen molar-refractivity contribution < 1.29 is 18.3 Å². The normalized spacial score (nSPS) is 19.3. The van der Waals surface area contributed by atoms with Crippen molar-refractivity contribution in [2.24, 2.45) is 5.92 Å². The molecular weight excluding hydrogens is 300 g/mol. The van der Waals surface area contributed by atoms with Crippen LogP contribution in [0.25, 0.3) is 0 Å². The summed E-state index contributed by atoms with van der Waals surface area (Å²) in [6.07, 6.45) is 0.729. The SMILES string of the molecule is COc1ccccc1[C@@H]1C[C@H]1C(=O)N(C)c1ccc(F)c(F)c1. The van der Waals surface area contributed by atoms with Gasteiger partial charge in [-0.1, -0.05) is 18.2 Å². The van der Waals surface area contributed by atoms with Gasteiger partial charge in [-0.15, -0.1) is 0 Å². The molecule has 1 aliphatic carbocycles. The van der Waals surface area contributed by atoms with E-state index in [4.69, 9.17) is 4.74 Å². The number of hydrogen-bond donors (Lipinski definition) is 0.